The van der Waals surface area contributed by atoms with Crippen LogP contribution >= 0.6 is 0 Å². The van der Waals surface area contributed by atoms with Crippen LogP contribution in [0, 0.1) is 0 Å². The van der Waals surface area contributed by atoms with E-state index >= 15 is 0 Å². The van der Waals surface area contributed by atoms with Crippen molar-refractivity contribution in [2.75, 3.05) is 0 Å². The van der Waals surface area contributed by atoms with E-state index in [0.717, 1.165) is 11.9 Å². The lowest BCUT2D eigenvalue weighted by atomic mass is 10.0. The molecule has 0 fully saturated rings. The van der Waals surface area contributed by atoms with Gasteiger partial charge in [0.05, 0.1) is 0 Å². The molecular formula is C8H8O3. The van der Waals surface area contributed by atoms with Gasteiger partial charge in [-0.2, -0.15) is 0 Å². The number of carbonyl (C=O) groups excluding carboxylic acids is 1. The average Bonchev–Trinajstić information content (AvgIpc) is 2.06. The molecule has 0 aromatic heterocycles. The quantitative estimate of drug-likeness (QED) is 0.282. The third kappa shape index (κ3) is 2.05. The summed E-state index contributed by atoms with van der Waals surface area (Å²) in [6.07, 6.45) is 7.84. The minimum absolute atomic E-state index is 0.583. The van der Waals surface area contributed by atoms with Gasteiger partial charge in [0.2, 0.25) is 0 Å². The molecule has 1 aliphatic rings. The summed E-state index contributed by atoms with van der Waals surface area (Å²) in [5.41, 5.74) is 1.36. The van der Waals surface area contributed by atoms with Crippen LogP contribution in [0.5, 0.6) is 0 Å². The molecule has 0 saturated carbocycles. The standard InChI is InChI=1S/C8H8O3/c9-5-7-2-1-3-8(4-7)6-11-10/h1-2,4-6,10H,3H2/b8-6+. The second kappa shape index (κ2) is 3.73. The highest BCUT2D eigenvalue weighted by molar-refractivity contribution is 5.79. The summed E-state index contributed by atoms with van der Waals surface area (Å²) in [6, 6.07) is 0. The second-order valence-electron chi connectivity index (χ2n) is 2.17. The third-order valence-electron chi connectivity index (χ3n) is 1.36. The van der Waals surface area contributed by atoms with Crippen molar-refractivity contribution in [1.29, 1.82) is 0 Å². The largest absolute Gasteiger partial charge is 0.348 e. The fourth-order valence-electron chi connectivity index (χ4n) is 0.875. The van der Waals surface area contributed by atoms with E-state index < -0.39 is 0 Å². The highest BCUT2D eigenvalue weighted by Crippen LogP contribution is 2.13. The predicted molar refractivity (Wildman–Crippen MR) is 39.7 cm³/mol. The van der Waals surface area contributed by atoms with Crippen molar-refractivity contribution in [3.63, 3.8) is 0 Å². The smallest absolute Gasteiger partial charge is 0.150 e. The van der Waals surface area contributed by atoms with E-state index in [2.05, 4.69) is 4.89 Å². The summed E-state index contributed by atoms with van der Waals surface area (Å²) in [4.78, 5) is 14.1. The zero-order valence-electron chi connectivity index (χ0n) is 5.86. The van der Waals surface area contributed by atoms with Crippen LogP contribution in [0.3, 0.4) is 0 Å². The molecule has 0 amide bonds. The topological polar surface area (TPSA) is 46.5 Å². The maximum Gasteiger partial charge on any atom is 0.150 e. The molecular weight excluding hydrogens is 144 g/mol. The van der Waals surface area contributed by atoms with Gasteiger partial charge in [0.15, 0.2) is 0 Å². The van der Waals surface area contributed by atoms with Crippen LogP contribution in [0.1, 0.15) is 6.42 Å². The maximum absolute atomic E-state index is 10.3. The zero-order valence-corrected chi connectivity index (χ0v) is 5.86. The Bertz CT molecular complexity index is 236. The zero-order chi connectivity index (χ0) is 8.10. The SMILES string of the molecule is O=CC1=C/C(=C/OO)CC=C1. The van der Waals surface area contributed by atoms with Gasteiger partial charge in [0.1, 0.15) is 12.5 Å². The average molecular weight is 152 g/mol. The minimum atomic E-state index is 0.583. The summed E-state index contributed by atoms with van der Waals surface area (Å²) >= 11 is 0. The van der Waals surface area contributed by atoms with Gasteiger partial charge < -0.3 is 4.89 Å². The number of hydrogen-bond acceptors (Lipinski definition) is 3. The number of aldehydes is 1. The molecule has 0 atom stereocenters. The summed E-state index contributed by atoms with van der Waals surface area (Å²) in [5.74, 6) is 0. The van der Waals surface area contributed by atoms with Crippen LogP contribution < -0.4 is 0 Å². The van der Waals surface area contributed by atoms with E-state index in [1.54, 1.807) is 12.2 Å². The van der Waals surface area contributed by atoms with Gasteiger partial charge in [-0.25, -0.2) is 5.26 Å². The van der Waals surface area contributed by atoms with Crippen LogP contribution in [0.15, 0.2) is 35.6 Å². The molecule has 0 radical (unpaired) electrons. The van der Waals surface area contributed by atoms with E-state index in [0.29, 0.717) is 12.0 Å². The first kappa shape index (κ1) is 7.75. The fraction of sp³-hybridized carbons (Fsp3) is 0.125. The Morgan fingerprint density at radius 2 is 2.45 bits per heavy atom. The summed E-state index contributed by atoms with van der Waals surface area (Å²) in [6.45, 7) is 0. The molecule has 3 nitrogen and oxygen atoms in total. The predicted octanol–water partition coefficient (Wildman–Crippen LogP) is 1.45. The van der Waals surface area contributed by atoms with Crippen molar-refractivity contribution >= 4 is 6.29 Å². The molecule has 11 heavy (non-hydrogen) atoms. The van der Waals surface area contributed by atoms with Crippen molar-refractivity contribution in [3.8, 4) is 0 Å². The Balaban J connectivity index is 2.76. The van der Waals surface area contributed by atoms with Gasteiger partial charge in [0.25, 0.3) is 0 Å². The van der Waals surface area contributed by atoms with Crippen LogP contribution in [0.2, 0.25) is 0 Å². The first-order chi connectivity index (χ1) is 5.36. The van der Waals surface area contributed by atoms with Crippen LogP contribution in [0.25, 0.3) is 0 Å². The molecule has 0 saturated heterocycles. The highest BCUT2D eigenvalue weighted by Gasteiger charge is 1.99. The second-order valence-corrected chi connectivity index (χ2v) is 2.17. The number of rotatable bonds is 2. The Labute approximate surface area is 64.2 Å². The molecule has 0 aliphatic heterocycles. The van der Waals surface area contributed by atoms with Crippen molar-refractivity contribution in [2.24, 2.45) is 0 Å². The molecule has 58 valence electrons. The Morgan fingerprint density at radius 3 is 3.09 bits per heavy atom. The number of allylic oxidation sites excluding steroid dienone is 5. The van der Waals surface area contributed by atoms with E-state index in [-0.39, 0.29) is 0 Å². The lowest BCUT2D eigenvalue weighted by Crippen LogP contribution is -1.89. The Hall–Kier alpha value is -1.35. The van der Waals surface area contributed by atoms with E-state index in [1.165, 1.54) is 6.26 Å². The molecule has 0 bridgehead atoms. The molecule has 1 N–H and O–H groups in total. The normalized spacial score (nSPS) is 19.7. The van der Waals surface area contributed by atoms with Gasteiger partial charge in [-0.3, -0.25) is 4.79 Å². The van der Waals surface area contributed by atoms with Gasteiger partial charge in [0, 0.05) is 5.57 Å². The molecule has 0 unspecified atom stereocenters. The molecule has 0 heterocycles. The van der Waals surface area contributed by atoms with Gasteiger partial charge >= 0.3 is 0 Å². The van der Waals surface area contributed by atoms with Crippen molar-refractivity contribution in [1.82, 2.24) is 0 Å². The molecule has 3 heteroatoms. The van der Waals surface area contributed by atoms with E-state index in [9.17, 15) is 4.79 Å². The Morgan fingerprint density at radius 1 is 1.64 bits per heavy atom. The molecule has 0 spiro atoms. The number of carbonyl (C=O) groups is 1. The van der Waals surface area contributed by atoms with Crippen molar-refractivity contribution < 1.29 is 14.9 Å². The molecule has 1 rings (SSSR count). The first-order valence-corrected chi connectivity index (χ1v) is 3.19. The van der Waals surface area contributed by atoms with E-state index in [4.69, 9.17) is 5.26 Å². The van der Waals surface area contributed by atoms with Crippen molar-refractivity contribution in [3.05, 3.63) is 35.6 Å². The van der Waals surface area contributed by atoms with Crippen LogP contribution in [-0.4, -0.2) is 11.5 Å². The van der Waals surface area contributed by atoms with Crippen molar-refractivity contribution in [2.45, 2.75) is 6.42 Å². The lowest BCUT2D eigenvalue weighted by molar-refractivity contribution is -0.187. The monoisotopic (exact) mass is 152 g/mol. The Kier molecular flexibility index (Phi) is 2.63. The van der Waals surface area contributed by atoms with Gasteiger partial charge in [-0.1, -0.05) is 12.2 Å². The van der Waals surface area contributed by atoms with Crippen LogP contribution in [0.4, 0.5) is 0 Å². The first-order valence-electron chi connectivity index (χ1n) is 3.19. The summed E-state index contributed by atoms with van der Waals surface area (Å²) in [5, 5.41) is 8.06. The number of hydrogen-bond donors (Lipinski definition) is 1. The highest BCUT2D eigenvalue weighted by atomic mass is 17.1. The maximum atomic E-state index is 10.3. The summed E-state index contributed by atoms with van der Waals surface area (Å²) in [7, 11) is 0. The summed E-state index contributed by atoms with van der Waals surface area (Å²) < 4.78 is 0. The van der Waals surface area contributed by atoms with E-state index in [1.807, 2.05) is 6.08 Å². The fourth-order valence-corrected chi connectivity index (χ4v) is 0.875. The molecule has 0 aromatic carbocycles. The minimum Gasteiger partial charge on any atom is -0.348 e. The van der Waals surface area contributed by atoms with Gasteiger partial charge in [-0.15, -0.1) is 0 Å². The third-order valence-corrected chi connectivity index (χ3v) is 1.36. The van der Waals surface area contributed by atoms with Crippen LogP contribution in [-0.2, 0) is 9.68 Å². The molecule has 1 aliphatic carbocycles. The lowest BCUT2D eigenvalue weighted by Gasteiger charge is -2.02. The molecule has 0 aromatic rings. The van der Waals surface area contributed by atoms with Gasteiger partial charge in [-0.05, 0) is 18.1 Å².